The minimum absolute atomic E-state index is 0.0702. The van der Waals surface area contributed by atoms with Gasteiger partial charge in [-0.3, -0.25) is 4.79 Å². The number of nitrogens with zero attached hydrogens (tertiary/aromatic N) is 1. The number of rotatable bonds is 6. The summed E-state index contributed by atoms with van der Waals surface area (Å²) in [6.07, 6.45) is 0.794. The van der Waals surface area contributed by atoms with Crippen molar-refractivity contribution in [1.29, 1.82) is 0 Å². The normalized spacial score (nSPS) is 10.9. The van der Waals surface area contributed by atoms with Gasteiger partial charge in [-0.25, -0.2) is 4.98 Å². The molecule has 3 aromatic rings. The van der Waals surface area contributed by atoms with Gasteiger partial charge in [0.15, 0.2) is 0 Å². The van der Waals surface area contributed by atoms with Crippen molar-refractivity contribution in [2.24, 2.45) is 0 Å². The van der Waals surface area contributed by atoms with E-state index in [1.54, 1.807) is 18.4 Å². The molecule has 0 saturated heterocycles. The van der Waals surface area contributed by atoms with Crippen molar-refractivity contribution in [3.05, 3.63) is 52.9 Å². The third-order valence-corrected chi connectivity index (χ3v) is 4.79. The van der Waals surface area contributed by atoms with Crippen molar-refractivity contribution in [2.45, 2.75) is 13.3 Å². The number of aryl methyl sites for hydroxylation is 1. The van der Waals surface area contributed by atoms with Gasteiger partial charge in [0.25, 0.3) is 5.91 Å². The predicted octanol–water partition coefficient (Wildman–Crippen LogP) is 4.04. The molecule has 5 heteroatoms. The number of amides is 1. The summed E-state index contributed by atoms with van der Waals surface area (Å²) < 4.78 is 5.02. The summed E-state index contributed by atoms with van der Waals surface area (Å²) in [7, 11) is 1.66. The first-order chi connectivity index (χ1) is 11.7. The second-order valence-electron chi connectivity index (χ2n) is 5.58. The number of methoxy groups -OCH3 is 1. The second-order valence-corrected chi connectivity index (χ2v) is 6.87. The molecule has 0 fully saturated rings. The van der Waals surface area contributed by atoms with Gasteiger partial charge in [-0.05, 0) is 37.6 Å². The number of fused-ring (bicyclic) bond motifs is 1. The number of benzene rings is 1. The fourth-order valence-corrected chi connectivity index (χ4v) is 3.40. The summed E-state index contributed by atoms with van der Waals surface area (Å²) in [5.74, 6) is -0.0702. The van der Waals surface area contributed by atoms with E-state index in [9.17, 15) is 4.79 Å². The molecule has 0 aliphatic rings. The molecule has 0 spiro atoms. The number of aromatic nitrogens is 1. The molecule has 0 aliphatic carbocycles. The van der Waals surface area contributed by atoms with Crippen molar-refractivity contribution in [1.82, 2.24) is 10.3 Å². The van der Waals surface area contributed by atoms with Crippen LogP contribution in [0.3, 0.4) is 0 Å². The Morgan fingerprint density at radius 2 is 2.08 bits per heavy atom. The molecular weight excluding hydrogens is 320 g/mol. The summed E-state index contributed by atoms with van der Waals surface area (Å²) in [6.45, 7) is 3.30. The minimum Gasteiger partial charge on any atom is -0.385 e. The van der Waals surface area contributed by atoms with Gasteiger partial charge in [0.2, 0.25) is 0 Å². The summed E-state index contributed by atoms with van der Waals surface area (Å²) in [5, 5.41) is 3.84. The maximum atomic E-state index is 12.6. The summed E-state index contributed by atoms with van der Waals surface area (Å²) in [4.78, 5) is 19.7. The third kappa shape index (κ3) is 3.63. The van der Waals surface area contributed by atoms with E-state index in [2.05, 4.69) is 24.4 Å². The Morgan fingerprint density at radius 3 is 2.83 bits per heavy atom. The first-order valence-electron chi connectivity index (χ1n) is 7.93. The SMILES string of the molecule is COCCCNC(=O)c1cc(-c2ccc(C)s2)nc2ccccc12. The van der Waals surface area contributed by atoms with E-state index < -0.39 is 0 Å². The Bertz CT molecular complexity index is 857. The van der Waals surface area contributed by atoms with Crippen molar-refractivity contribution in [3.8, 4) is 10.6 Å². The van der Waals surface area contributed by atoms with Crippen LogP contribution in [0.15, 0.2) is 42.5 Å². The number of nitrogens with one attached hydrogen (secondary N) is 1. The molecule has 4 nitrogen and oxygen atoms in total. The van der Waals surface area contributed by atoms with Gasteiger partial charge in [-0.1, -0.05) is 18.2 Å². The molecule has 3 rings (SSSR count). The fourth-order valence-electron chi connectivity index (χ4n) is 2.58. The lowest BCUT2D eigenvalue weighted by Crippen LogP contribution is -2.25. The smallest absolute Gasteiger partial charge is 0.252 e. The Kier molecular flexibility index (Phi) is 5.23. The van der Waals surface area contributed by atoms with Crippen molar-refractivity contribution in [2.75, 3.05) is 20.3 Å². The van der Waals surface area contributed by atoms with E-state index in [4.69, 9.17) is 9.72 Å². The fraction of sp³-hybridized carbons (Fsp3) is 0.263. The number of carbonyl (C=O) groups is 1. The van der Waals surface area contributed by atoms with Gasteiger partial charge in [0.05, 0.1) is 21.7 Å². The highest BCUT2D eigenvalue weighted by molar-refractivity contribution is 7.15. The minimum atomic E-state index is -0.0702. The van der Waals surface area contributed by atoms with Crippen LogP contribution in [-0.4, -0.2) is 31.2 Å². The number of para-hydroxylation sites is 1. The van der Waals surface area contributed by atoms with Crippen LogP contribution in [0.4, 0.5) is 0 Å². The van der Waals surface area contributed by atoms with Gasteiger partial charge in [-0.15, -0.1) is 11.3 Å². The first-order valence-corrected chi connectivity index (χ1v) is 8.74. The highest BCUT2D eigenvalue weighted by Gasteiger charge is 2.14. The van der Waals surface area contributed by atoms with Gasteiger partial charge in [0, 0.05) is 30.5 Å². The number of thiophene rings is 1. The average molecular weight is 340 g/mol. The monoisotopic (exact) mass is 340 g/mol. The van der Waals surface area contributed by atoms with Gasteiger partial charge in [0.1, 0.15) is 0 Å². The van der Waals surface area contributed by atoms with Crippen LogP contribution in [-0.2, 0) is 4.74 Å². The van der Waals surface area contributed by atoms with Gasteiger partial charge < -0.3 is 10.1 Å². The highest BCUT2D eigenvalue weighted by atomic mass is 32.1. The topological polar surface area (TPSA) is 51.2 Å². The zero-order valence-electron chi connectivity index (χ0n) is 13.8. The van der Waals surface area contributed by atoms with Crippen LogP contribution < -0.4 is 5.32 Å². The quantitative estimate of drug-likeness (QED) is 0.689. The molecule has 0 unspecified atom stereocenters. The third-order valence-electron chi connectivity index (χ3n) is 3.76. The number of ether oxygens (including phenoxy) is 1. The van der Waals surface area contributed by atoms with Crippen LogP contribution >= 0.6 is 11.3 Å². The van der Waals surface area contributed by atoms with E-state index in [1.807, 2.05) is 30.3 Å². The molecule has 0 saturated carbocycles. The van der Waals surface area contributed by atoms with Crippen LogP contribution in [0.2, 0.25) is 0 Å². The zero-order chi connectivity index (χ0) is 16.9. The molecule has 0 aliphatic heterocycles. The summed E-state index contributed by atoms with van der Waals surface area (Å²) in [6, 6.07) is 13.8. The van der Waals surface area contributed by atoms with Crippen LogP contribution in [0.25, 0.3) is 21.5 Å². The number of hydrogen-bond donors (Lipinski definition) is 1. The molecule has 2 aromatic heterocycles. The molecule has 24 heavy (non-hydrogen) atoms. The molecule has 0 radical (unpaired) electrons. The molecule has 2 heterocycles. The van der Waals surface area contributed by atoms with Crippen LogP contribution in [0, 0.1) is 6.92 Å². The van der Waals surface area contributed by atoms with E-state index in [0.29, 0.717) is 18.7 Å². The number of hydrogen-bond acceptors (Lipinski definition) is 4. The van der Waals surface area contributed by atoms with Crippen molar-refractivity contribution >= 4 is 28.1 Å². The Hall–Kier alpha value is -2.24. The molecule has 1 N–H and O–H groups in total. The van der Waals surface area contributed by atoms with Crippen LogP contribution in [0.1, 0.15) is 21.7 Å². The van der Waals surface area contributed by atoms with E-state index in [0.717, 1.165) is 27.9 Å². The lowest BCUT2D eigenvalue weighted by atomic mass is 10.1. The lowest BCUT2D eigenvalue weighted by Gasteiger charge is -2.10. The average Bonchev–Trinajstić information content (AvgIpc) is 3.04. The first kappa shape index (κ1) is 16.6. The largest absolute Gasteiger partial charge is 0.385 e. The molecule has 0 bridgehead atoms. The van der Waals surface area contributed by atoms with Crippen molar-refractivity contribution < 1.29 is 9.53 Å². The van der Waals surface area contributed by atoms with E-state index in [1.165, 1.54) is 4.88 Å². The molecule has 1 aromatic carbocycles. The maximum Gasteiger partial charge on any atom is 0.252 e. The van der Waals surface area contributed by atoms with Gasteiger partial charge in [-0.2, -0.15) is 0 Å². The molecular formula is C19H20N2O2S. The number of pyridine rings is 1. The molecule has 0 atom stereocenters. The number of carbonyl (C=O) groups excluding carboxylic acids is 1. The Labute approximate surface area is 145 Å². The predicted molar refractivity (Wildman–Crippen MR) is 98.6 cm³/mol. The van der Waals surface area contributed by atoms with E-state index >= 15 is 0 Å². The Morgan fingerprint density at radius 1 is 1.25 bits per heavy atom. The second kappa shape index (κ2) is 7.55. The van der Waals surface area contributed by atoms with Crippen molar-refractivity contribution in [3.63, 3.8) is 0 Å². The Balaban J connectivity index is 1.97. The molecule has 1 amide bonds. The highest BCUT2D eigenvalue weighted by Crippen LogP contribution is 2.29. The van der Waals surface area contributed by atoms with Crippen LogP contribution in [0.5, 0.6) is 0 Å². The summed E-state index contributed by atoms with van der Waals surface area (Å²) >= 11 is 1.68. The standard InChI is InChI=1S/C19H20N2O2S/c1-13-8-9-18(24-13)17-12-15(19(22)20-10-5-11-23-2)14-6-3-4-7-16(14)21-17/h3-4,6-9,12H,5,10-11H2,1-2H3,(H,20,22). The zero-order valence-corrected chi connectivity index (χ0v) is 14.7. The summed E-state index contributed by atoms with van der Waals surface area (Å²) in [5.41, 5.74) is 2.34. The molecule has 124 valence electrons. The van der Waals surface area contributed by atoms with Gasteiger partial charge >= 0.3 is 0 Å². The maximum absolute atomic E-state index is 12.6. The lowest BCUT2D eigenvalue weighted by molar-refractivity contribution is 0.0950. The van der Waals surface area contributed by atoms with E-state index in [-0.39, 0.29) is 5.91 Å².